The van der Waals surface area contributed by atoms with Crippen molar-refractivity contribution in [2.45, 2.75) is 24.9 Å². The molecule has 6 heteroatoms. The molecule has 0 radical (unpaired) electrons. The van der Waals surface area contributed by atoms with Crippen molar-refractivity contribution in [1.29, 1.82) is 0 Å². The minimum absolute atomic E-state index is 0.139. The third-order valence-corrected chi connectivity index (χ3v) is 3.73. The number of nitrogens with zero attached hydrogens (tertiary/aromatic N) is 2. The van der Waals surface area contributed by atoms with Crippen molar-refractivity contribution >= 4 is 15.9 Å². The highest BCUT2D eigenvalue weighted by Crippen LogP contribution is 2.37. The Bertz CT molecular complexity index is 581. The first kappa shape index (κ1) is 11.8. The fourth-order valence-corrected chi connectivity index (χ4v) is 2.50. The number of halogens is 2. The Kier molecular flexibility index (Phi) is 2.91. The van der Waals surface area contributed by atoms with Crippen LogP contribution in [0, 0.1) is 5.82 Å². The molecule has 1 heterocycles. The first-order valence-corrected chi connectivity index (χ1v) is 6.40. The smallest absolute Gasteiger partial charge is 0.230 e. The van der Waals surface area contributed by atoms with Crippen LogP contribution in [0.5, 0.6) is 0 Å². The van der Waals surface area contributed by atoms with Crippen LogP contribution in [0.25, 0.3) is 11.4 Å². The van der Waals surface area contributed by atoms with Gasteiger partial charge in [0.1, 0.15) is 5.82 Å². The molecule has 18 heavy (non-hydrogen) atoms. The molecule has 4 nitrogen and oxygen atoms in total. The lowest BCUT2D eigenvalue weighted by Crippen LogP contribution is -2.26. The maximum absolute atomic E-state index is 13.0. The number of aliphatic hydroxyl groups excluding tert-OH is 1. The van der Waals surface area contributed by atoms with Crippen LogP contribution < -0.4 is 0 Å². The van der Waals surface area contributed by atoms with E-state index < -0.39 is 0 Å². The predicted molar refractivity (Wildman–Crippen MR) is 65.4 cm³/mol. The van der Waals surface area contributed by atoms with Crippen molar-refractivity contribution in [3.05, 3.63) is 34.4 Å². The van der Waals surface area contributed by atoms with Gasteiger partial charge in [0.15, 0.2) is 0 Å². The Balaban J connectivity index is 1.88. The minimum atomic E-state index is -0.323. The molecule has 1 aliphatic carbocycles. The quantitative estimate of drug-likeness (QED) is 0.926. The number of hydrogen-bond acceptors (Lipinski definition) is 4. The second-order valence-electron chi connectivity index (χ2n) is 4.40. The van der Waals surface area contributed by atoms with Gasteiger partial charge in [-0.2, -0.15) is 4.98 Å². The zero-order valence-electron chi connectivity index (χ0n) is 9.31. The molecule has 1 saturated carbocycles. The van der Waals surface area contributed by atoms with E-state index in [1.807, 2.05) is 0 Å². The van der Waals surface area contributed by atoms with E-state index in [1.54, 1.807) is 6.07 Å². The van der Waals surface area contributed by atoms with Gasteiger partial charge in [-0.15, -0.1) is 0 Å². The average Bonchev–Trinajstić information content (AvgIpc) is 2.73. The van der Waals surface area contributed by atoms with Gasteiger partial charge in [0.05, 0.1) is 6.10 Å². The van der Waals surface area contributed by atoms with E-state index in [1.165, 1.54) is 12.1 Å². The molecule has 2 aromatic rings. The molecular formula is C12H10BrFN2O2. The number of aliphatic hydroxyl groups is 1. The highest BCUT2D eigenvalue weighted by molar-refractivity contribution is 9.10. The number of benzene rings is 1. The molecule has 0 amide bonds. The molecule has 3 rings (SSSR count). The Morgan fingerprint density at radius 1 is 1.39 bits per heavy atom. The summed E-state index contributed by atoms with van der Waals surface area (Å²) in [4.78, 5) is 4.29. The lowest BCUT2D eigenvalue weighted by atomic mass is 9.82. The zero-order chi connectivity index (χ0) is 12.7. The summed E-state index contributed by atoms with van der Waals surface area (Å²) in [6, 6.07) is 4.31. The molecule has 0 aliphatic heterocycles. The maximum atomic E-state index is 13.0. The van der Waals surface area contributed by atoms with Gasteiger partial charge in [-0.3, -0.25) is 0 Å². The van der Waals surface area contributed by atoms with Crippen LogP contribution in [0.1, 0.15) is 24.7 Å². The van der Waals surface area contributed by atoms with E-state index in [-0.39, 0.29) is 17.8 Å². The van der Waals surface area contributed by atoms with Crippen LogP contribution in [0.15, 0.2) is 27.2 Å². The molecule has 0 spiro atoms. The molecule has 1 N–H and O–H groups in total. The number of aromatic nitrogens is 2. The lowest BCUT2D eigenvalue weighted by Gasteiger charge is -2.27. The monoisotopic (exact) mass is 312 g/mol. The van der Waals surface area contributed by atoms with Gasteiger partial charge < -0.3 is 9.63 Å². The Morgan fingerprint density at radius 3 is 2.83 bits per heavy atom. The normalized spacial score (nSPS) is 22.8. The number of rotatable bonds is 2. The fourth-order valence-electron chi connectivity index (χ4n) is 1.97. The fraction of sp³-hybridized carbons (Fsp3) is 0.333. The van der Waals surface area contributed by atoms with Crippen molar-refractivity contribution in [2.75, 3.05) is 0 Å². The predicted octanol–water partition coefficient (Wildman–Crippen LogP) is 2.88. The molecule has 1 aromatic carbocycles. The van der Waals surface area contributed by atoms with Crippen LogP contribution in [0.2, 0.25) is 0 Å². The molecule has 0 bridgehead atoms. The third kappa shape index (κ3) is 2.06. The van der Waals surface area contributed by atoms with Gasteiger partial charge in [0.25, 0.3) is 0 Å². The van der Waals surface area contributed by atoms with Gasteiger partial charge in [-0.05, 0) is 47.0 Å². The summed E-state index contributed by atoms with van der Waals surface area (Å²) in [5.74, 6) is 0.779. The number of hydrogen-bond donors (Lipinski definition) is 1. The van der Waals surface area contributed by atoms with E-state index in [9.17, 15) is 9.50 Å². The summed E-state index contributed by atoms with van der Waals surface area (Å²) in [6.07, 6.45) is 1.06. The van der Waals surface area contributed by atoms with E-state index in [0.29, 0.717) is 34.6 Å². The molecule has 1 aliphatic rings. The first-order chi connectivity index (χ1) is 8.63. The van der Waals surface area contributed by atoms with Crippen molar-refractivity contribution in [3.8, 4) is 11.4 Å². The topological polar surface area (TPSA) is 59.2 Å². The average molecular weight is 313 g/mol. The largest absolute Gasteiger partial charge is 0.393 e. The minimum Gasteiger partial charge on any atom is -0.393 e. The summed E-state index contributed by atoms with van der Waals surface area (Å²) in [5.41, 5.74) is 0.686. The second kappa shape index (κ2) is 4.44. The maximum Gasteiger partial charge on any atom is 0.230 e. The van der Waals surface area contributed by atoms with Crippen molar-refractivity contribution in [2.24, 2.45) is 0 Å². The Hall–Kier alpha value is -1.27. The van der Waals surface area contributed by atoms with Gasteiger partial charge in [0, 0.05) is 16.0 Å². The van der Waals surface area contributed by atoms with Crippen LogP contribution in [-0.4, -0.2) is 21.4 Å². The second-order valence-corrected chi connectivity index (χ2v) is 5.26. The molecule has 1 aromatic heterocycles. The van der Waals surface area contributed by atoms with E-state index in [4.69, 9.17) is 4.52 Å². The lowest BCUT2D eigenvalue weighted by molar-refractivity contribution is 0.0625. The highest BCUT2D eigenvalue weighted by atomic mass is 79.9. The van der Waals surface area contributed by atoms with E-state index in [2.05, 4.69) is 26.1 Å². The van der Waals surface area contributed by atoms with Gasteiger partial charge >= 0.3 is 0 Å². The molecular weight excluding hydrogens is 303 g/mol. The first-order valence-electron chi connectivity index (χ1n) is 5.60. The molecule has 0 atom stereocenters. The van der Waals surface area contributed by atoms with Gasteiger partial charge in [0.2, 0.25) is 11.7 Å². The molecule has 0 unspecified atom stereocenters. The zero-order valence-corrected chi connectivity index (χ0v) is 10.9. The van der Waals surface area contributed by atoms with Crippen molar-refractivity contribution < 1.29 is 14.0 Å². The molecule has 1 fully saturated rings. The summed E-state index contributed by atoms with van der Waals surface area (Å²) < 4.78 is 18.7. The summed E-state index contributed by atoms with van der Waals surface area (Å²) in [5, 5.41) is 13.1. The van der Waals surface area contributed by atoms with E-state index in [0.717, 1.165) is 0 Å². The summed E-state index contributed by atoms with van der Waals surface area (Å²) in [6.45, 7) is 0. The third-order valence-electron chi connectivity index (χ3n) is 3.08. The van der Waals surface area contributed by atoms with Crippen LogP contribution in [0.4, 0.5) is 4.39 Å². The summed E-state index contributed by atoms with van der Waals surface area (Å²) in [7, 11) is 0. The molecule has 94 valence electrons. The standard InChI is InChI=1S/C12H10BrFN2O2/c13-10-5-7(14)1-2-9(10)11-15-12(18-16-11)6-3-8(17)4-6/h1-2,5-6,8,17H,3-4H2. The van der Waals surface area contributed by atoms with Crippen molar-refractivity contribution in [3.63, 3.8) is 0 Å². The Labute approximate surface area is 111 Å². The van der Waals surface area contributed by atoms with Crippen LogP contribution >= 0.6 is 15.9 Å². The summed E-state index contributed by atoms with van der Waals surface area (Å²) >= 11 is 3.27. The van der Waals surface area contributed by atoms with E-state index >= 15 is 0 Å². The highest BCUT2D eigenvalue weighted by Gasteiger charge is 2.33. The SMILES string of the molecule is OC1CC(c2nc(-c3ccc(F)cc3Br)no2)C1. The molecule has 0 saturated heterocycles. The van der Waals surface area contributed by atoms with Gasteiger partial charge in [-0.1, -0.05) is 5.16 Å². The van der Waals surface area contributed by atoms with Crippen molar-refractivity contribution in [1.82, 2.24) is 10.1 Å². The Morgan fingerprint density at radius 2 is 2.17 bits per heavy atom. The van der Waals surface area contributed by atoms with Crippen LogP contribution in [0.3, 0.4) is 0 Å². The van der Waals surface area contributed by atoms with Crippen LogP contribution in [-0.2, 0) is 0 Å². The van der Waals surface area contributed by atoms with Gasteiger partial charge in [-0.25, -0.2) is 4.39 Å².